The van der Waals surface area contributed by atoms with Crippen molar-refractivity contribution in [1.82, 2.24) is 15.5 Å². The van der Waals surface area contributed by atoms with Gasteiger partial charge < -0.3 is 10.1 Å². The summed E-state index contributed by atoms with van der Waals surface area (Å²) in [5, 5.41) is 6.21. The third kappa shape index (κ3) is 4.88. The first-order valence-electron chi connectivity index (χ1n) is 14.6. The van der Waals surface area contributed by atoms with Crippen molar-refractivity contribution < 1.29 is 23.9 Å². The number of carbonyl (C=O) groups excluding carboxylic acids is 4. The number of carbonyl (C=O) groups is 4. The molecule has 0 spiro atoms. The molecule has 8 heteroatoms. The average molecular weight is 522 g/mol. The molecule has 1 aromatic carbocycles. The zero-order valence-corrected chi connectivity index (χ0v) is 22.1. The fourth-order valence-electron chi connectivity index (χ4n) is 8.22. The van der Waals surface area contributed by atoms with Gasteiger partial charge in [-0.15, -0.1) is 0 Å². The van der Waals surface area contributed by atoms with Gasteiger partial charge in [-0.1, -0.05) is 25.3 Å². The Morgan fingerprint density at radius 2 is 1.58 bits per heavy atom. The van der Waals surface area contributed by atoms with Crippen LogP contribution in [0.4, 0.5) is 0 Å². The largest absolute Gasteiger partial charge is 0.493 e. The zero-order chi connectivity index (χ0) is 26.3. The summed E-state index contributed by atoms with van der Waals surface area (Å²) in [6.45, 7) is 1.60. The van der Waals surface area contributed by atoms with Gasteiger partial charge in [-0.05, 0) is 94.2 Å². The fraction of sp³-hybridized carbons (Fsp3) is 0.667. The van der Waals surface area contributed by atoms with Gasteiger partial charge in [0.1, 0.15) is 11.8 Å². The molecule has 38 heavy (non-hydrogen) atoms. The lowest BCUT2D eigenvalue weighted by Crippen LogP contribution is -2.58. The first kappa shape index (κ1) is 25.5. The molecule has 0 radical (unpaired) electrons. The van der Waals surface area contributed by atoms with Crippen LogP contribution in [-0.4, -0.2) is 53.3 Å². The molecular weight excluding hydrogens is 482 g/mol. The molecule has 2 heterocycles. The minimum Gasteiger partial charge on any atom is -0.493 e. The number of benzene rings is 1. The maximum atomic E-state index is 13.1. The Morgan fingerprint density at radius 1 is 0.895 bits per heavy atom. The monoisotopic (exact) mass is 521 g/mol. The highest BCUT2D eigenvalue weighted by Gasteiger charge is 2.50. The Kier molecular flexibility index (Phi) is 7.01. The van der Waals surface area contributed by atoms with E-state index in [1.54, 1.807) is 18.2 Å². The number of ether oxygens (including phenoxy) is 1. The number of nitrogens with zero attached hydrogens (tertiary/aromatic N) is 1. The van der Waals surface area contributed by atoms with E-state index < -0.39 is 23.8 Å². The number of piperidine rings is 1. The van der Waals surface area contributed by atoms with E-state index in [4.69, 9.17) is 4.74 Å². The molecule has 1 saturated heterocycles. The summed E-state index contributed by atoms with van der Waals surface area (Å²) < 4.78 is 5.95. The number of hydrogen-bond acceptors (Lipinski definition) is 6. The highest BCUT2D eigenvalue weighted by molar-refractivity contribution is 6.24. The molecule has 1 unspecified atom stereocenters. The normalized spacial score (nSPS) is 31.6. The molecule has 4 aliphatic carbocycles. The Morgan fingerprint density at radius 3 is 2.29 bits per heavy atom. The molecule has 8 nitrogen and oxygen atoms in total. The van der Waals surface area contributed by atoms with Crippen LogP contribution in [0.15, 0.2) is 18.2 Å². The van der Waals surface area contributed by atoms with E-state index in [1.807, 2.05) is 0 Å². The number of unbranched alkanes of at least 4 members (excludes halogenated alkanes) is 4. The highest BCUT2D eigenvalue weighted by Crippen LogP contribution is 2.55. The minimum atomic E-state index is -0.967. The lowest BCUT2D eigenvalue weighted by molar-refractivity contribution is -0.136. The Labute approximate surface area is 224 Å². The van der Waals surface area contributed by atoms with Crippen LogP contribution < -0.4 is 15.4 Å². The van der Waals surface area contributed by atoms with Crippen molar-refractivity contribution in [3.8, 4) is 5.75 Å². The summed E-state index contributed by atoms with van der Waals surface area (Å²) in [5.41, 5.74) is 0.923. The van der Waals surface area contributed by atoms with E-state index in [2.05, 4.69) is 10.6 Å². The van der Waals surface area contributed by atoms with Crippen LogP contribution in [0.2, 0.25) is 0 Å². The molecule has 0 aromatic heterocycles. The van der Waals surface area contributed by atoms with Crippen molar-refractivity contribution in [3.05, 3.63) is 29.3 Å². The van der Waals surface area contributed by atoms with Gasteiger partial charge in [-0.3, -0.25) is 29.4 Å². The van der Waals surface area contributed by atoms with Crippen LogP contribution in [0.3, 0.4) is 0 Å². The second kappa shape index (κ2) is 10.4. The smallest absolute Gasteiger partial charge is 0.266 e. The van der Waals surface area contributed by atoms with E-state index in [-0.39, 0.29) is 29.9 Å². The summed E-state index contributed by atoms with van der Waals surface area (Å²) >= 11 is 0. The van der Waals surface area contributed by atoms with Crippen molar-refractivity contribution in [3.63, 3.8) is 0 Å². The minimum absolute atomic E-state index is 0.103. The van der Waals surface area contributed by atoms with Gasteiger partial charge in [0, 0.05) is 12.0 Å². The van der Waals surface area contributed by atoms with Crippen molar-refractivity contribution in [2.24, 2.45) is 17.8 Å². The predicted octanol–water partition coefficient (Wildman–Crippen LogP) is 3.98. The Balaban J connectivity index is 0.923. The van der Waals surface area contributed by atoms with Crippen LogP contribution in [0.1, 0.15) is 104 Å². The van der Waals surface area contributed by atoms with Crippen molar-refractivity contribution in [2.75, 3.05) is 13.2 Å². The van der Waals surface area contributed by atoms with Crippen LogP contribution in [0.25, 0.3) is 0 Å². The Hall–Kier alpha value is -2.74. The molecule has 5 fully saturated rings. The lowest BCUT2D eigenvalue weighted by atomic mass is 9.53. The molecule has 6 aliphatic rings. The van der Waals surface area contributed by atoms with E-state index >= 15 is 0 Å². The summed E-state index contributed by atoms with van der Waals surface area (Å²) in [7, 11) is 0. The molecule has 2 aliphatic heterocycles. The van der Waals surface area contributed by atoms with Crippen LogP contribution in [0.5, 0.6) is 5.75 Å². The summed E-state index contributed by atoms with van der Waals surface area (Å²) in [5.74, 6) is 1.30. The molecule has 4 amide bonds. The molecule has 1 atom stereocenters. The summed E-state index contributed by atoms with van der Waals surface area (Å²) in [4.78, 5) is 50.8. The SMILES string of the molecule is O=C1CCC(N2C(=O)c3cccc(OCCCCCCCNC45CC6CC(CC(C6)C4)C5)c3C2=O)C(=O)N1. The molecule has 2 N–H and O–H groups in total. The van der Waals surface area contributed by atoms with E-state index in [1.165, 1.54) is 51.4 Å². The van der Waals surface area contributed by atoms with E-state index in [0.717, 1.165) is 48.5 Å². The highest BCUT2D eigenvalue weighted by atomic mass is 16.5. The maximum Gasteiger partial charge on any atom is 0.266 e. The fourth-order valence-corrected chi connectivity index (χ4v) is 8.22. The van der Waals surface area contributed by atoms with Gasteiger partial charge in [0.05, 0.1) is 17.7 Å². The number of rotatable bonds is 11. The first-order valence-corrected chi connectivity index (χ1v) is 14.6. The topological polar surface area (TPSA) is 105 Å². The first-order chi connectivity index (χ1) is 18.4. The molecule has 4 bridgehead atoms. The van der Waals surface area contributed by atoms with Gasteiger partial charge in [0.25, 0.3) is 11.8 Å². The standard InChI is InChI=1S/C30H39N3O5/c34-25-10-9-23(27(35)32-25)33-28(36)22-7-6-8-24(26(22)29(33)37)38-12-5-3-1-2-4-11-31-30-16-19-13-20(17-30)15-21(14-19)18-30/h6-8,19-21,23,31H,1-5,9-18H2,(H,32,34,35). The molecule has 4 saturated carbocycles. The molecule has 1 aromatic rings. The molecular formula is C30H39N3O5. The second-order valence-corrected chi connectivity index (χ2v) is 12.4. The predicted molar refractivity (Wildman–Crippen MR) is 141 cm³/mol. The van der Waals surface area contributed by atoms with Crippen molar-refractivity contribution in [1.29, 1.82) is 0 Å². The molecule has 204 valence electrons. The van der Waals surface area contributed by atoms with Gasteiger partial charge in [0.2, 0.25) is 11.8 Å². The van der Waals surface area contributed by atoms with Crippen LogP contribution >= 0.6 is 0 Å². The maximum absolute atomic E-state index is 13.1. The Bertz CT molecular complexity index is 1100. The van der Waals surface area contributed by atoms with E-state index in [9.17, 15) is 19.2 Å². The van der Waals surface area contributed by atoms with Gasteiger partial charge in [0.15, 0.2) is 0 Å². The zero-order valence-electron chi connectivity index (χ0n) is 22.1. The second-order valence-electron chi connectivity index (χ2n) is 12.4. The summed E-state index contributed by atoms with van der Waals surface area (Å²) in [6, 6.07) is 4.02. The third-order valence-electron chi connectivity index (χ3n) is 9.55. The van der Waals surface area contributed by atoms with E-state index in [0.29, 0.717) is 17.9 Å². The van der Waals surface area contributed by atoms with Gasteiger partial charge in [-0.2, -0.15) is 0 Å². The van der Waals surface area contributed by atoms with Crippen LogP contribution in [-0.2, 0) is 9.59 Å². The number of nitrogens with one attached hydrogen (secondary N) is 2. The number of hydrogen-bond donors (Lipinski definition) is 2. The lowest BCUT2D eigenvalue weighted by Gasteiger charge is -2.57. The molecule has 7 rings (SSSR count). The summed E-state index contributed by atoms with van der Waals surface area (Å²) in [6.07, 6.45) is 14.4. The number of amides is 4. The van der Waals surface area contributed by atoms with Crippen molar-refractivity contribution in [2.45, 2.75) is 95.1 Å². The van der Waals surface area contributed by atoms with Gasteiger partial charge in [-0.25, -0.2) is 0 Å². The third-order valence-corrected chi connectivity index (χ3v) is 9.55. The average Bonchev–Trinajstić information content (AvgIpc) is 3.12. The van der Waals surface area contributed by atoms with Gasteiger partial charge >= 0.3 is 0 Å². The quantitative estimate of drug-likeness (QED) is 0.337. The van der Waals surface area contributed by atoms with Crippen LogP contribution in [0, 0.1) is 17.8 Å². The number of imide groups is 2. The number of fused-ring (bicyclic) bond motifs is 1. The van der Waals surface area contributed by atoms with Crippen molar-refractivity contribution >= 4 is 23.6 Å².